The molecule has 21 heavy (non-hydrogen) atoms. The molecule has 0 aliphatic carbocycles. The summed E-state index contributed by atoms with van der Waals surface area (Å²) in [6, 6.07) is 0. The summed E-state index contributed by atoms with van der Waals surface area (Å²) >= 11 is 0. The number of aryl methyl sites for hydroxylation is 1. The lowest BCUT2D eigenvalue weighted by atomic mass is 10.1. The zero-order valence-electron chi connectivity index (χ0n) is 12.3. The maximum absolute atomic E-state index is 12.7. The van der Waals surface area contributed by atoms with Crippen molar-refractivity contribution in [3.8, 4) is 0 Å². The molecule has 0 bridgehead atoms. The predicted molar refractivity (Wildman–Crippen MR) is 71.2 cm³/mol. The Bertz CT molecular complexity index is 529. The zero-order chi connectivity index (χ0) is 16.2. The number of carbonyl (C=O) groups is 2. The molecule has 0 saturated heterocycles. The van der Waals surface area contributed by atoms with E-state index >= 15 is 0 Å². The molecule has 0 saturated carbocycles. The van der Waals surface area contributed by atoms with Gasteiger partial charge in [-0.3, -0.25) is 9.59 Å². The normalized spacial score (nSPS) is 11.0. The summed E-state index contributed by atoms with van der Waals surface area (Å²) in [4.78, 5) is 23.8. The number of amides is 1. The lowest BCUT2D eigenvalue weighted by Crippen LogP contribution is -2.29. The third-order valence-electron chi connectivity index (χ3n) is 3.30. The molecule has 0 unspecified atom stereocenters. The SMILES string of the molecule is Cc1nn(C(F)F)c(C)c1CC(=O)N(C)CCCC(=O)O. The summed E-state index contributed by atoms with van der Waals surface area (Å²) in [5, 5.41) is 12.3. The van der Waals surface area contributed by atoms with Crippen molar-refractivity contribution in [3.63, 3.8) is 0 Å². The van der Waals surface area contributed by atoms with E-state index in [1.54, 1.807) is 14.0 Å². The Balaban J connectivity index is 2.68. The van der Waals surface area contributed by atoms with E-state index < -0.39 is 12.5 Å². The standard InChI is InChI=1S/C13H19F2N3O3/c1-8-10(9(2)18(16-8)13(14)15)7-11(19)17(3)6-4-5-12(20)21/h13H,4-7H2,1-3H3,(H,20,21). The minimum absolute atomic E-state index is 0.0149. The lowest BCUT2D eigenvalue weighted by molar-refractivity contribution is -0.138. The molecule has 1 aromatic rings. The topological polar surface area (TPSA) is 75.4 Å². The predicted octanol–water partition coefficient (Wildman–Crippen LogP) is 1.76. The molecule has 1 heterocycles. The van der Waals surface area contributed by atoms with Crippen LogP contribution in [0.15, 0.2) is 0 Å². The molecule has 1 aromatic heterocycles. The van der Waals surface area contributed by atoms with E-state index in [-0.39, 0.29) is 24.4 Å². The smallest absolute Gasteiger partial charge is 0.333 e. The molecule has 6 nitrogen and oxygen atoms in total. The van der Waals surface area contributed by atoms with Crippen LogP contribution in [-0.2, 0) is 16.0 Å². The fourth-order valence-electron chi connectivity index (χ4n) is 2.02. The lowest BCUT2D eigenvalue weighted by Gasteiger charge is -2.16. The second-order valence-electron chi connectivity index (χ2n) is 4.86. The number of nitrogens with zero attached hydrogens (tertiary/aromatic N) is 3. The zero-order valence-corrected chi connectivity index (χ0v) is 12.3. The van der Waals surface area contributed by atoms with E-state index in [0.29, 0.717) is 28.9 Å². The number of halogens is 2. The fraction of sp³-hybridized carbons (Fsp3) is 0.615. The van der Waals surface area contributed by atoms with E-state index in [2.05, 4.69) is 5.10 Å². The monoisotopic (exact) mass is 303 g/mol. The molecule has 1 amide bonds. The fourth-order valence-corrected chi connectivity index (χ4v) is 2.02. The number of aliphatic carboxylic acids is 1. The summed E-state index contributed by atoms with van der Waals surface area (Å²) < 4.78 is 26.0. The molecule has 1 N–H and O–H groups in total. The van der Waals surface area contributed by atoms with Gasteiger partial charge in [-0.25, -0.2) is 4.68 Å². The number of aromatic nitrogens is 2. The van der Waals surface area contributed by atoms with E-state index in [4.69, 9.17) is 5.11 Å². The number of carboxylic acids is 1. The van der Waals surface area contributed by atoms with Gasteiger partial charge in [0.2, 0.25) is 5.91 Å². The van der Waals surface area contributed by atoms with Gasteiger partial charge in [-0.15, -0.1) is 0 Å². The van der Waals surface area contributed by atoms with Gasteiger partial charge < -0.3 is 10.0 Å². The van der Waals surface area contributed by atoms with E-state index in [1.807, 2.05) is 0 Å². The average molecular weight is 303 g/mol. The van der Waals surface area contributed by atoms with Crippen molar-refractivity contribution in [2.75, 3.05) is 13.6 Å². The summed E-state index contributed by atoms with van der Waals surface area (Å²) in [7, 11) is 1.56. The van der Waals surface area contributed by atoms with Crippen LogP contribution in [0.25, 0.3) is 0 Å². The number of rotatable bonds is 7. The summed E-state index contributed by atoms with van der Waals surface area (Å²) in [6.07, 6.45) is 0.318. The largest absolute Gasteiger partial charge is 0.481 e. The number of hydrogen-bond donors (Lipinski definition) is 1. The number of carboxylic acid groups (broad SMARTS) is 1. The molecule has 0 fully saturated rings. The van der Waals surface area contributed by atoms with Crippen molar-refractivity contribution in [1.29, 1.82) is 0 Å². The first kappa shape index (κ1) is 17.1. The van der Waals surface area contributed by atoms with Gasteiger partial charge in [-0.2, -0.15) is 13.9 Å². The van der Waals surface area contributed by atoms with Crippen LogP contribution in [0.4, 0.5) is 8.78 Å². The Labute approximate surface area is 121 Å². The van der Waals surface area contributed by atoms with Crippen molar-refractivity contribution in [3.05, 3.63) is 17.0 Å². The summed E-state index contributed by atoms with van der Waals surface area (Å²) in [6.45, 7) is 0.658. The molecule has 0 radical (unpaired) electrons. The van der Waals surface area contributed by atoms with Gasteiger partial charge in [0.15, 0.2) is 0 Å². The van der Waals surface area contributed by atoms with Crippen LogP contribution in [-0.4, -0.2) is 45.3 Å². The third-order valence-corrected chi connectivity index (χ3v) is 3.30. The summed E-state index contributed by atoms with van der Waals surface area (Å²) in [5.74, 6) is -1.17. The second kappa shape index (κ2) is 7.14. The maximum atomic E-state index is 12.7. The first-order valence-corrected chi connectivity index (χ1v) is 6.52. The van der Waals surface area contributed by atoms with E-state index in [9.17, 15) is 18.4 Å². The Kier molecular flexibility index (Phi) is 5.80. The van der Waals surface area contributed by atoms with Crippen LogP contribution in [0.3, 0.4) is 0 Å². The Morgan fingerprint density at radius 1 is 1.38 bits per heavy atom. The van der Waals surface area contributed by atoms with E-state index in [0.717, 1.165) is 0 Å². The van der Waals surface area contributed by atoms with Gasteiger partial charge in [-0.1, -0.05) is 0 Å². The number of likely N-dealkylation sites (N-methyl/N-ethyl adjacent to an activating group) is 1. The molecular formula is C13H19F2N3O3. The van der Waals surface area contributed by atoms with Crippen molar-refractivity contribution < 1.29 is 23.5 Å². The van der Waals surface area contributed by atoms with Crippen LogP contribution in [0.2, 0.25) is 0 Å². The van der Waals surface area contributed by atoms with Crippen molar-refractivity contribution in [2.24, 2.45) is 0 Å². The quantitative estimate of drug-likeness (QED) is 0.833. The highest BCUT2D eigenvalue weighted by Crippen LogP contribution is 2.20. The van der Waals surface area contributed by atoms with E-state index in [1.165, 1.54) is 11.8 Å². The van der Waals surface area contributed by atoms with Crippen molar-refractivity contribution >= 4 is 11.9 Å². The molecule has 0 atom stereocenters. The molecule has 0 aliphatic heterocycles. The second-order valence-corrected chi connectivity index (χ2v) is 4.86. The van der Waals surface area contributed by atoms with Crippen LogP contribution in [0.5, 0.6) is 0 Å². The Hall–Kier alpha value is -1.99. The van der Waals surface area contributed by atoms with Crippen LogP contribution in [0, 0.1) is 13.8 Å². The van der Waals surface area contributed by atoms with Gasteiger partial charge in [-0.05, 0) is 20.3 Å². The van der Waals surface area contributed by atoms with Gasteiger partial charge in [0.1, 0.15) is 0 Å². The summed E-state index contributed by atoms with van der Waals surface area (Å²) in [5.41, 5.74) is 1.17. The average Bonchev–Trinajstić information content (AvgIpc) is 2.66. The molecule has 0 spiro atoms. The first-order valence-electron chi connectivity index (χ1n) is 6.52. The molecule has 8 heteroatoms. The van der Waals surface area contributed by atoms with Gasteiger partial charge >= 0.3 is 12.5 Å². The maximum Gasteiger partial charge on any atom is 0.333 e. The highest BCUT2D eigenvalue weighted by molar-refractivity contribution is 5.79. The van der Waals surface area contributed by atoms with Crippen molar-refractivity contribution in [2.45, 2.75) is 39.7 Å². The first-order chi connectivity index (χ1) is 9.73. The van der Waals surface area contributed by atoms with Gasteiger partial charge in [0, 0.05) is 31.3 Å². The molecule has 0 aliphatic rings. The molecule has 118 valence electrons. The Morgan fingerprint density at radius 3 is 2.48 bits per heavy atom. The number of alkyl halides is 2. The molecule has 1 rings (SSSR count). The molecule has 0 aromatic carbocycles. The van der Waals surface area contributed by atoms with Crippen LogP contribution < -0.4 is 0 Å². The van der Waals surface area contributed by atoms with Crippen LogP contribution >= 0.6 is 0 Å². The highest BCUT2D eigenvalue weighted by Gasteiger charge is 2.20. The van der Waals surface area contributed by atoms with Gasteiger partial charge in [0.05, 0.1) is 12.1 Å². The minimum atomic E-state index is -2.74. The molecular weight excluding hydrogens is 284 g/mol. The minimum Gasteiger partial charge on any atom is -0.481 e. The highest BCUT2D eigenvalue weighted by atomic mass is 19.3. The third kappa shape index (κ3) is 4.51. The van der Waals surface area contributed by atoms with Crippen LogP contribution in [0.1, 0.15) is 36.3 Å². The Morgan fingerprint density at radius 2 is 2.00 bits per heavy atom. The number of hydrogen-bond acceptors (Lipinski definition) is 3. The van der Waals surface area contributed by atoms with Crippen molar-refractivity contribution in [1.82, 2.24) is 14.7 Å². The number of carbonyl (C=O) groups excluding carboxylic acids is 1. The van der Waals surface area contributed by atoms with Gasteiger partial charge in [0.25, 0.3) is 0 Å².